The third-order valence-electron chi connectivity index (χ3n) is 3.70. The van der Waals surface area contributed by atoms with Crippen LogP contribution in [0.3, 0.4) is 0 Å². The first kappa shape index (κ1) is 17.1. The zero-order valence-electron chi connectivity index (χ0n) is 13.5. The van der Waals surface area contributed by atoms with E-state index in [1.54, 1.807) is 18.2 Å². The summed E-state index contributed by atoms with van der Waals surface area (Å²) >= 11 is 13.5. The Morgan fingerprint density at radius 2 is 2.15 bits per heavy atom. The second-order valence-electron chi connectivity index (χ2n) is 5.40. The molecule has 8 heteroatoms. The number of nitrogens with one attached hydrogen (secondary N) is 1. The first-order valence-corrected chi connectivity index (χ1v) is 9.35. The molecule has 0 radical (unpaired) electrons. The Morgan fingerprint density at radius 3 is 2.96 bits per heavy atom. The Kier molecular flexibility index (Phi) is 4.48. The molecular formula is C18H12Cl2N2O3S. The quantitative estimate of drug-likeness (QED) is 0.451. The van der Waals surface area contributed by atoms with E-state index < -0.39 is 5.91 Å². The van der Waals surface area contributed by atoms with E-state index >= 15 is 0 Å². The molecule has 0 atom stereocenters. The second kappa shape index (κ2) is 6.79. The number of carbonyl (C=O) groups excluding carboxylic acids is 1. The Labute approximate surface area is 162 Å². The lowest BCUT2D eigenvalue weighted by Gasteiger charge is -2.02. The Hall–Kier alpha value is -2.28. The number of thiazole rings is 1. The summed E-state index contributed by atoms with van der Waals surface area (Å²) in [6.07, 6.45) is 0. The van der Waals surface area contributed by atoms with Crippen LogP contribution in [0.25, 0.3) is 21.2 Å². The number of ether oxygens (including phenoxy) is 1. The van der Waals surface area contributed by atoms with Crippen molar-refractivity contribution < 1.29 is 13.9 Å². The van der Waals surface area contributed by atoms with Crippen molar-refractivity contribution >= 4 is 66.8 Å². The van der Waals surface area contributed by atoms with Gasteiger partial charge in [-0.25, -0.2) is 4.98 Å². The van der Waals surface area contributed by atoms with Crippen LogP contribution in [0.1, 0.15) is 17.5 Å². The number of rotatable bonds is 4. The summed E-state index contributed by atoms with van der Waals surface area (Å²) in [5.74, 6) is 0.380. The van der Waals surface area contributed by atoms with Crippen LogP contribution in [0.4, 0.5) is 5.13 Å². The lowest BCUT2D eigenvalue weighted by Crippen LogP contribution is -2.10. The predicted molar refractivity (Wildman–Crippen MR) is 105 cm³/mol. The van der Waals surface area contributed by atoms with Crippen molar-refractivity contribution in [2.45, 2.75) is 6.92 Å². The summed E-state index contributed by atoms with van der Waals surface area (Å²) in [7, 11) is 0. The van der Waals surface area contributed by atoms with Gasteiger partial charge in [-0.2, -0.15) is 0 Å². The van der Waals surface area contributed by atoms with Gasteiger partial charge in [0.2, 0.25) is 0 Å². The van der Waals surface area contributed by atoms with Crippen LogP contribution in [-0.2, 0) is 0 Å². The molecule has 0 saturated heterocycles. The number of fused-ring (bicyclic) bond motifs is 2. The average molecular weight is 407 g/mol. The highest BCUT2D eigenvalue weighted by Gasteiger charge is 2.17. The van der Waals surface area contributed by atoms with E-state index in [0.29, 0.717) is 38.6 Å². The zero-order chi connectivity index (χ0) is 18.3. The summed E-state index contributed by atoms with van der Waals surface area (Å²) in [6.45, 7) is 2.40. The number of carbonyl (C=O) groups is 1. The number of nitrogens with zero attached hydrogens (tertiary/aromatic N) is 1. The number of furan rings is 1. The van der Waals surface area contributed by atoms with Gasteiger partial charge in [0.15, 0.2) is 22.2 Å². The zero-order valence-corrected chi connectivity index (χ0v) is 15.8. The normalized spacial score (nSPS) is 11.2. The summed E-state index contributed by atoms with van der Waals surface area (Å²) < 4.78 is 12.1. The molecule has 0 bridgehead atoms. The molecule has 2 aromatic heterocycles. The fourth-order valence-electron chi connectivity index (χ4n) is 2.57. The minimum Gasteiger partial charge on any atom is -0.490 e. The summed E-state index contributed by atoms with van der Waals surface area (Å²) in [5, 5.41) is 4.73. The highest BCUT2D eigenvalue weighted by molar-refractivity contribution is 7.22. The molecule has 0 aliphatic heterocycles. The van der Waals surface area contributed by atoms with Gasteiger partial charge in [-0.1, -0.05) is 46.7 Å². The molecule has 0 aliphatic rings. The number of benzene rings is 2. The summed E-state index contributed by atoms with van der Waals surface area (Å²) in [4.78, 5) is 16.9. The van der Waals surface area contributed by atoms with Gasteiger partial charge in [-0.05, 0) is 31.2 Å². The van der Waals surface area contributed by atoms with E-state index in [4.69, 9.17) is 32.4 Å². The Morgan fingerprint density at radius 1 is 1.31 bits per heavy atom. The van der Waals surface area contributed by atoms with E-state index in [0.717, 1.165) is 10.1 Å². The number of amides is 1. The molecule has 1 amide bonds. The number of halogens is 2. The van der Waals surface area contributed by atoms with Crippen molar-refractivity contribution in [1.29, 1.82) is 0 Å². The maximum Gasteiger partial charge on any atom is 0.293 e. The van der Waals surface area contributed by atoms with Gasteiger partial charge >= 0.3 is 0 Å². The van der Waals surface area contributed by atoms with Gasteiger partial charge in [0.25, 0.3) is 5.91 Å². The van der Waals surface area contributed by atoms with E-state index in [1.165, 1.54) is 11.3 Å². The molecule has 0 fully saturated rings. The molecule has 26 heavy (non-hydrogen) atoms. The van der Waals surface area contributed by atoms with Gasteiger partial charge in [0.1, 0.15) is 5.52 Å². The number of para-hydroxylation sites is 1. The van der Waals surface area contributed by atoms with Crippen molar-refractivity contribution in [1.82, 2.24) is 4.98 Å². The molecule has 0 spiro atoms. The van der Waals surface area contributed by atoms with Gasteiger partial charge in [-0.3, -0.25) is 10.1 Å². The highest BCUT2D eigenvalue weighted by atomic mass is 35.5. The van der Waals surface area contributed by atoms with Crippen molar-refractivity contribution in [2.24, 2.45) is 0 Å². The predicted octanol–water partition coefficient (Wildman–Crippen LogP) is 6.00. The van der Waals surface area contributed by atoms with E-state index in [-0.39, 0.29) is 5.76 Å². The van der Waals surface area contributed by atoms with E-state index in [2.05, 4.69) is 10.3 Å². The van der Waals surface area contributed by atoms with Crippen LogP contribution in [0.15, 0.2) is 40.8 Å². The highest BCUT2D eigenvalue weighted by Crippen LogP contribution is 2.35. The molecule has 0 saturated carbocycles. The van der Waals surface area contributed by atoms with Gasteiger partial charge in [-0.15, -0.1) is 0 Å². The van der Waals surface area contributed by atoms with Crippen LogP contribution in [-0.4, -0.2) is 17.5 Å². The van der Waals surface area contributed by atoms with Crippen LogP contribution < -0.4 is 10.1 Å². The number of anilines is 1. The van der Waals surface area contributed by atoms with Crippen LogP contribution in [0.2, 0.25) is 10.0 Å². The molecule has 0 unspecified atom stereocenters. The van der Waals surface area contributed by atoms with Crippen LogP contribution in [0.5, 0.6) is 5.75 Å². The molecule has 2 heterocycles. The van der Waals surface area contributed by atoms with E-state index in [9.17, 15) is 4.79 Å². The second-order valence-corrected chi connectivity index (χ2v) is 7.22. The first-order chi connectivity index (χ1) is 12.6. The molecular weight excluding hydrogens is 395 g/mol. The average Bonchev–Trinajstić information content (AvgIpc) is 3.23. The standard InChI is InChI=1S/C18H12Cl2N2O3S/c1-2-24-11-5-3-4-9-8-12(25-16(9)11)17(23)22-18-21-15-13(26-18)7-6-10(19)14(15)20/h3-8H,2H2,1H3,(H,21,22,23). The topological polar surface area (TPSA) is 64.4 Å². The number of aromatic nitrogens is 1. The summed E-state index contributed by atoms with van der Waals surface area (Å²) in [5.41, 5.74) is 1.10. The Balaban J connectivity index is 1.65. The van der Waals surface area contributed by atoms with E-state index in [1.807, 2.05) is 25.1 Å². The third kappa shape index (κ3) is 3.00. The monoisotopic (exact) mass is 406 g/mol. The minimum absolute atomic E-state index is 0.176. The first-order valence-electron chi connectivity index (χ1n) is 7.78. The Bertz CT molecular complexity index is 1140. The molecule has 0 aliphatic carbocycles. The van der Waals surface area contributed by atoms with Crippen LogP contribution >= 0.6 is 34.5 Å². The third-order valence-corrected chi connectivity index (χ3v) is 5.43. The molecule has 4 aromatic rings. The summed E-state index contributed by atoms with van der Waals surface area (Å²) in [6, 6.07) is 10.7. The maximum absolute atomic E-state index is 12.5. The largest absolute Gasteiger partial charge is 0.490 e. The minimum atomic E-state index is -0.398. The number of hydrogen-bond acceptors (Lipinski definition) is 5. The van der Waals surface area contributed by atoms with Crippen LogP contribution in [0, 0.1) is 0 Å². The van der Waals surface area contributed by atoms with Gasteiger partial charge in [0, 0.05) is 5.39 Å². The fraction of sp³-hybridized carbons (Fsp3) is 0.111. The maximum atomic E-state index is 12.5. The number of hydrogen-bond donors (Lipinski definition) is 1. The molecule has 5 nitrogen and oxygen atoms in total. The fourth-order valence-corrected chi connectivity index (χ4v) is 3.85. The van der Waals surface area contributed by atoms with Gasteiger partial charge in [0.05, 0.1) is 21.4 Å². The molecule has 1 N–H and O–H groups in total. The van der Waals surface area contributed by atoms with Crippen molar-refractivity contribution in [3.8, 4) is 5.75 Å². The van der Waals surface area contributed by atoms with Crippen molar-refractivity contribution in [2.75, 3.05) is 11.9 Å². The molecule has 132 valence electrons. The smallest absolute Gasteiger partial charge is 0.293 e. The lowest BCUT2D eigenvalue weighted by atomic mass is 10.2. The van der Waals surface area contributed by atoms with Crippen molar-refractivity contribution in [3.63, 3.8) is 0 Å². The molecule has 2 aromatic carbocycles. The SMILES string of the molecule is CCOc1cccc2cc(C(=O)Nc3nc4c(Cl)c(Cl)ccc4s3)oc12. The van der Waals surface area contributed by atoms with Crippen molar-refractivity contribution in [3.05, 3.63) is 52.2 Å². The lowest BCUT2D eigenvalue weighted by molar-refractivity contribution is 0.0998. The molecule has 4 rings (SSSR count). The van der Waals surface area contributed by atoms with Gasteiger partial charge < -0.3 is 9.15 Å².